The van der Waals surface area contributed by atoms with Crippen LogP contribution in [-0.2, 0) is 6.42 Å². The van der Waals surface area contributed by atoms with Gasteiger partial charge < -0.3 is 5.32 Å². The van der Waals surface area contributed by atoms with E-state index in [1.54, 1.807) is 5.57 Å². The molecule has 1 heterocycles. The molecule has 1 N–H and O–H groups in total. The zero-order valence-corrected chi connectivity index (χ0v) is 22.0. The summed E-state index contributed by atoms with van der Waals surface area (Å²) in [6.45, 7) is 15.4. The Kier molecular flexibility index (Phi) is 17.3. The number of allylic oxidation sites excluding steroid dienone is 5. The van der Waals surface area contributed by atoms with Gasteiger partial charge in [-0.1, -0.05) is 124 Å². The first kappa shape index (κ1) is 29.2. The van der Waals surface area contributed by atoms with Crippen LogP contribution in [0.15, 0.2) is 78.4 Å². The maximum Gasteiger partial charge on any atom is 0.0274 e. The van der Waals surface area contributed by atoms with Crippen LogP contribution in [-0.4, -0.2) is 12.6 Å². The Hall–Kier alpha value is -1.86. The van der Waals surface area contributed by atoms with Crippen molar-refractivity contribution in [1.82, 2.24) is 5.32 Å². The SMILES string of the molecule is C=C(C)C1CCCN1.C=CCC1=CC=C(CCc2ccccc2)CC1.CCCCCCCC. The fourth-order valence-electron chi connectivity index (χ4n) is 4.20. The number of hydrogen-bond donors (Lipinski definition) is 1. The molecule has 184 valence electrons. The van der Waals surface area contributed by atoms with E-state index < -0.39 is 0 Å². The summed E-state index contributed by atoms with van der Waals surface area (Å²) in [6.07, 6.45) is 23.5. The van der Waals surface area contributed by atoms with Crippen molar-refractivity contribution in [2.75, 3.05) is 6.54 Å². The molecule has 1 atom stereocenters. The molecule has 33 heavy (non-hydrogen) atoms. The molecule has 1 heteroatoms. The Morgan fingerprint density at radius 3 is 2.03 bits per heavy atom. The van der Waals surface area contributed by atoms with Crippen molar-refractivity contribution < 1.29 is 0 Å². The summed E-state index contributed by atoms with van der Waals surface area (Å²) >= 11 is 0. The minimum Gasteiger partial charge on any atom is -0.310 e. The fraction of sp³-hybridized carbons (Fsp3) is 0.562. The monoisotopic (exact) mass is 449 g/mol. The van der Waals surface area contributed by atoms with E-state index in [-0.39, 0.29) is 0 Å². The number of unbranched alkanes of at least 4 members (excludes halogenated alkanes) is 5. The summed E-state index contributed by atoms with van der Waals surface area (Å²) in [7, 11) is 0. The number of aryl methyl sites for hydroxylation is 1. The Balaban J connectivity index is 0.000000285. The largest absolute Gasteiger partial charge is 0.310 e. The lowest BCUT2D eigenvalue weighted by Crippen LogP contribution is -2.21. The molecule has 0 spiro atoms. The first-order valence-electron chi connectivity index (χ1n) is 13.5. The molecule has 0 bridgehead atoms. The van der Waals surface area contributed by atoms with Crippen LogP contribution in [0.3, 0.4) is 0 Å². The minimum atomic E-state index is 0.620. The van der Waals surface area contributed by atoms with Crippen molar-refractivity contribution in [2.24, 2.45) is 0 Å². The fourth-order valence-corrected chi connectivity index (χ4v) is 4.20. The summed E-state index contributed by atoms with van der Waals surface area (Å²) in [5.41, 5.74) is 5.82. The molecule has 1 aliphatic carbocycles. The Morgan fingerprint density at radius 2 is 1.58 bits per heavy atom. The standard InChI is InChI=1S/C17H20.C8H18.C7H13N/c1-2-6-15-9-12-17(13-10-15)14-11-16-7-4-3-5-8-16;1-3-5-7-8-6-4-2;1-6(2)7-4-3-5-8-7/h2-5,7-9,12H,1,6,10-11,13-14H2;3-8H2,1-2H3;7-8H,1,3-5H2,2H3. The molecular weight excluding hydrogens is 398 g/mol. The van der Waals surface area contributed by atoms with E-state index in [0.717, 1.165) is 12.8 Å². The average molecular weight is 450 g/mol. The summed E-state index contributed by atoms with van der Waals surface area (Å²) in [5.74, 6) is 0. The first-order valence-corrected chi connectivity index (χ1v) is 13.5. The first-order chi connectivity index (χ1) is 16.1. The molecule has 0 aromatic heterocycles. The van der Waals surface area contributed by atoms with Crippen LogP contribution in [0.4, 0.5) is 0 Å². The predicted molar refractivity (Wildman–Crippen MR) is 150 cm³/mol. The van der Waals surface area contributed by atoms with E-state index in [1.165, 1.54) is 93.9 Å². The van der Waals surface area contributed by atoms with Gasteiger partial charge in [-0.3, -0.25) is 0 Å². The Morgan fingerprint density at radius 1 is 0.939 bits per heavy atom. The van der Waals surface area contributed by atoms with Crippen LogP contribution >= 0.6 is 0 Å². The van der Waals surface area contributed by atoms with Crippen LogP contribution in [0.25, 0.3) is 0 Å². The summed E-state index contributed by atoms with van der Waals surface area (Å²) < 4.78 is 0. The van der Waals surface area contributed by atoms with E-state index in [2.05, 4.69) is 81.7 Å². The van der Waals surface area contributed by atoms with Gasteiger partial charge in [0.2, 0.25) is 0 Å². The normalized spacial score (nSPS) is 17.0. The molecule has 0 amide bonds. The van der Waals surface area contributed by atoms with Crippen molar-refractivity contribution in [3.63, 3.8) is 0 Å². The maximum atomic E-state index is 3.87. The molecule has 1 aromatic carbocycles. The van der Waals surface area contributed by atoms with Gasteiger partial charge in [0.25, 0.3) is 0 Å². The van der Waals surface area contributed by atoms with Gasteiger partial charge in [-0.15, -0.1) is 6.58 Å². The van der Waals surface area contributed by atoms with Crippen molar-refractivity contribution in [1.29, 1.82) is 0 Å². The van der Waals surface area contributed by atoms with Crippen molar-refractivity contribution in [3.8, 4) is 0 Å². The quantitative estimate of drug-likeness (QED) is 0.262. The molecule has 1 aliphatic heterocycles. The number of benzene rings is 1. The third kappa shape index (κ3) is 14.8. The molecule has 2 aliphatic rings. The van der Waals surface area contributed by atoms with Gasteiger partial charge >= 0.3 is 0 Å². The smallest absolute Gasteiger partial charge is 0.0274 e. The van der Waals surface area contributed by atoms with Crippen LogP contribution in [0, 0.1) is 0 Å². The molecule has 1 fully saturated rings. The lowest BCUT2D eigenvalue weighted by Gasteiger charge is -2.13. The molecular formula is C32H51N. The zero-order valence-electron chi connectivity index (χ0n) is 22.0. The summed E-state index contributed by atoms with van der Waals surface area (Å²) in [4.78, 5) is 0. The van der Waals surface area contributed by atoms with Gasteiger partial charge in [0, 0.05) is 6.04 Å². The number of rotatable bonds is 11. The van der Waals surface area contributed by atoms with Crippen LogP contribution in [0.5, 0.6) is 0 Å². The molecule has 0 saturated carbocycles. The van der Waals surface area contributed by atoms with Gasteiger partial charge in [0.05, 0.1) is 0 Å². The second kappa shape index (κ2) is 19.6. The topological polar surface area (TPSA) is 12.0 Å². The molecule has 1 unspecified atom stereocenters. The highest BCUT2D eigenvalue weighted by Crippen LogP contribution is 2.24. The van der Waals surface area contributed by atoms with Crippen molar-refractivity contribution >= 4 is 0 Å². The van der Waals surface area contributed by atoms with Gasteiger partial charge in [0.15, 0.2) is 0 Å². The van der Waals surface area contributed by atoms with E-state index in [0.29, 0.717) is 6.04 Å². The highest BCUT2D eigenvalue weighted by molar-refractivity contribution is 5.26. The van der Waals surface area contributed by atoms with Crippen molar-refractivity contribution in [2.45, 2.75) is 110 Å². The minimum absolute atomic E-state index is 0.620. The van der Waals surface area contributed by atoms with Gasteiger partial charge in [-0.2, -0.15) is 0 Å². The van der Waals surface area contributed by atoms with E-state index >= 15 is 0 Å². The van der Waals surface area contributed by atoms with Gasteiger partial charge in [-0.05, 0) is 64.0 Å². The van der Waals surface area contributed by atoms with Crippen LogP contribution < -0.4 is 5.32 Å². The lowest BCUT2D eigenvalue weighted by atomic mass is 9.93. The van der Waals surface area contributed by atoms with Gasteiger partial charge in [-0.25, -0.2) is 0 Å². The zero-order chi connectivity index (χ0) is 24.2. The Labute approximate surface area is 206 Å². The third-order valence-corrected chi connectivity index (χ3v) is 6.42. The third-order valence-electron chi connectivity index (χ3n) is 6.42. The Bertz CT molecular complexity index is 682. The van der Waals surface area contributed by atoms with Crippen molar-refractivity contribution in [3.05, 3.63) is 84.0 Å². The second-order valence-electron chi connectivity index (χ2n) is 9.54. The molecule has 1 saturated heterocycles. The predicted octanol–water partition coefficient (Wildman–Crippen LogP) is 9.52. The number of nitrogens with one attached hydrogen (secondary N) is 1. The highest BCUT2D eigenvalue weighted by Gasteiger charge is 2.12. The average Bonchev–Trinajstić information content (AvgIpc) is 3.39. The second-order valence-corrected chi connectivity index (χ2v) is 9.54. The van der Waals surface area contributed by atoms with E-state index in [4.69, 9.17) is 0 Å². The van der Waals surface area contributed by atoms with Crippen LogP contribution in [0.1, 0.15) is 103 Å². The maximum absolute atomic E-state index is 3.87. The highest BCUT2D eigenvalue weighted by atomic mass is 14.9. The molecule has 0 radical (unpaired) electrons. The molecule has 3 rings (SSSR count). The number of hydrogen-bond acceptors (Lipinski definition) is 1. The summed E-state index contributed by atoms with van der Waals surface area (Å²) in [6, 6.07) is 11.4. The van der Waals surface area contributed by atoms with E-state index in [9.17, 15) is 0 Å². The molecule has 1 aromatic rings. The lowest BCUT2D eigenvalue weighted by molar-refractivity contribution is 0.624. The summed E-state index contributed by atoms with van der Waals surface area (Å²) in [5, 5.41) is 3.36. The van der Waals surface area contributed by atoms with Gasteiger partial charge in [0.1, 0.15) is 0 Å². The molecule has 1 nitrogen and oxygen atoms in total. The van der Waals surface area contributed by atoms with E-state index in [1.807, 2.05) is 6.08 Å². The van der Waals surface area contributed by atoms with Crippen LogP contribution in [0.2, 0.25) is 0 Å².